The van der Waals surface area contributed by atoms with Gasteiger partial charge in [0.2, 0.25) is 0 Å². The molecule has 2 nitrogen and oxygen atoms in total. The topological polar surface area (TPSA) is 38.0 Å². The number of rotatable bonds is 5. The summed E-state index contributed by atoms with van der Waals surface area (Å²) in [7, 11) is 0. The fourth-order valence-corrected chi connectivity index (χ4v) is 2.83. The molecule has 1 fully saturated rings. The molecular weight excluding hydrogens is 184 g/mol. The van der Waals surface area contributed by atoms with Gasteiger partial charge in [-0.2, -0.15) is 0 Å². The Morgan fingerprint density at radius 3 is 2.67 bits per heavy atom. The second-order valence-electron chi connectivity index (χ2n) is 5.53. The van der Waals surface area contributed by atoms with Crippen LogP contribution in [-0.2, 0) is 0 Å². The molecule has 0 aromatic heterocycles. The van der Waals surface area contributed by atoms with Crippen molar-refractivity contribution in [3.63, 3.8) is 0 Å². The lowest BCUT2D eigenvalue weighted by Gasteiger charge is -2.38. The molecule has 15 heavy (non-hydrogen) atoms. The van der Waals surface area contributed by atoms with Gasteiger partial charge < -0.3 is 11.1 Å². The van der Waals surface area contributed by atoms with Crippen LogP contribution in [0.5, 0.6) is 0 Å². The van der Waals surface area contributed by atoms with Crippen LogP contribution in [0, 0.1) is 17.8 Å². The van der Waals surface area contributed by atoms with Gasteiger partial charge in [-0.15, -0.1) is 0 Å². The normalized spacial score (nSPS) is 32.2. The smallest absolute Gasteiger partial charge is 0.0100 e. The maximum Gasteiger partial charge on any atom is 0.0100 e. The fraction of sp³-hybridized carbons (Fsp3) is 1.00. The van der Waals surface area contributed by atoms with E-state index in [1.54, 1.807) is 0 Å². The van der Waals surface area contributed by atoms with Gasteiger partial charge >= 0.3 is 0 Å². The van der Waals surface area contributed by atoms with E-state index >= 15 is 0 Å². The molecule has 90 valence electrons. The Kier molecular flexibility index (Phi) is 5.62. The summed E-state index contributed by atoms with van der Waals surface area (Å²) in [6, 6.07) is 0.736. The van der Waals surface area contributed by atoms with Crippen LogP contribution in [0.3, 0.4) is 0 Å². The Balaban J connectivity index is 2.39. The van der Waals surface area contributed by atoms with E-state index in [-0.39, 0.29) is 0 Å². The molecule has 0 bridgehead atoms. The van der Waals surface area contributed by atoms with Crippen LogP contribution in [0.4, 0.5) is 0 Å². The van der Waals surface area contributed by atoms with Gasteiger partial charge in [-0.05, 0) is 50.1 Å². The lowest BCUT2D eigenvalue weighted by Crippen LogP contribution is -2.43. The van der Waals surface area contributed by atoms with Gasteiger partial charge in [0, 0.05) is 6.04 Å². The minimum absolute atomic E-state index is 0.736. The van der Waals surface area contributed by atoms with Crippen molar-refractivity contribution < 1.29 is 0 Å². The highest BCUT2D eigenvalue weighted by Crippen LogP contribution is 2.33. The van der Waals surface area contributed by atoms with Gasteiger partial charge in [0.05, 0.1) is 0 Å². The monoisotopic (exact) mass is 212 g/mol. The van der Waals surface area contributed by atoms with Crippen LogP contribution in [0.15, 0.2) is 0 Å². The zero-order chi connectivity index (χ0) is 11.3. The average Bonchev–Trinajstić information content (AvgIpc) is 2.18. The van der Waals surface area contributed by atoms with E-state index < -0.39 is 0 Å². The Hall–Kier alpha value is -0.0800. The first-order chi connectivity index (χ1) is 7.15. The lowest BCUT2D eigenvalue weighted by atomic mass is 9.74. The third-order valence-corrected chi connectivity index (χ3v) is 3.81. The third kappa shape index (κ3) is 4.12. The van der Waals surface area contributed by atoms with Crippen LogP contribution in [0.1, 0.15) is 46.5 Å². The summed E-state index contributed by atoms with van der Waals surface area (Å²) >= 11 is 0. The molecule has 0 heterocycles. The molecule has 1 saturated carbocycles. The van der Waals surface area contributed by atoms with E-state index in [1.807, 2.05) is 0 Å². The Labute approximate surface area is 95.0 Å². The molecule has 0 aromatic carbocycles. The Morgan fingerprint density at radius 1 is 1.33 bits per heavy atom. The van der Waals surface area contributed by atoms with Crippen molar-refractivity contribution in [1.82, 2.24) is 5.32 Å². The molecule has 3 atom stereocenters. The third-order valence-electron chi connectivity index (χ3n) is 3.81. The summed E-state index contributed by atoms with van der Waals surface area (Å²) < 4.78 is 0. The second-order valence-corrected chi connectivity index (χ2v) is 5.53. The van der Waals surface area contributed by atoms with E-state index in [2.05, 4.69) is 26.1 Å². The van der Waals surface area contributed by atoms with Gasteiger partial charge in [-0.25, -0.2) is 0 Å². The van der Waals surface area contributed by atoms with Gasteiger partial charge in [-0.1, -0.05) is 27.2 Å². The minimum atomic E-state index is 0.736. The van der Waals surface area contributed by atoms with Crippen LogP contribution in [0.25, 0.3) is 0 Å². The summed E-state index contributed by atoms with van der Waals surface area (Å²) in [6.45, 7) is 9.00. The van der Waals surface area contributed by atoms with Crippen molar-refractivity contribution in [2.75, 3.05) is 13.1 Å². The molecule has 1 aliphatic carbocycles. The zero-order valence-electron chi connectivity index (χ0n) is 10.6. The van der Waals surface area contributed by atoms with Crippen molar-refractivity contribution in [2.45, 2.75) is 52.5 Å². The molecule has 0 aromatic rings. The van der Waals surface area contributed by atoms with E-state index in [1.165, 1.54) is 19.3 Å². The van der Waals surface area contributed by atoms with Crippen LogP contribution in [0.2, 0.25) is 0 Å². The number of hydrogen-bond acceptors (Lipinski definition) is 2. The Bertz CT molecular complexity index is 168. The lowest BCUT2D eigenvalue weighted by molar-refractivity contribution is 0.170. The quantitative estimate of drug-likeness (QED) is 0.687. The maximum atomic E-state index is 5.53. The molecule has 1 rings (SSSR count). The van der Waals surface area contributed by atoms with Crippen LogP contribution < -0.4 is 11.1 Å². The van der Waals surface area contributed by atoms with E-state index in [4.69, 9.17) is 5.73 Å². The highest BCUT2D eigenvalue weighted by atomic mass is 14.9. The first-order valence-corrected chi connectivity index (χ1v) is 6.58. The van der Waals surface area contributed by atoms with Crippen molar-refractivity contribution in [3.05, 3.63) is 0 Å². The summed E-state index contributed by atoms with van der Waals surface area (Å²) in [5.74, 6) is 2.59. The van der Waals surface area contributed by atoms with Gasteiger partial charge in [0.25, 0.3) is 0 Å². The molecular formula is C13H28N2. The average molecular weight is 212 g/mol. The standard InChI is InChI=1S/C13H28N2/c1-10(2)12-6-5-11(3)9-13(12)15-8-4-7-14/h10-13,15H,4-9,14H2,1-3H3. The minimum Gasteiger partial charge on any atom is -0.330 e. The molecule has 3 unspecified atom stereocenters. The Morgan fingerprint density at radius 2 is 2.07 bits per heavy atom. The molecule has 0 spiro atoms. The molecule has 2 heteroatoms. The first-order valence-electron chi connectivity index (χ1n) is 6.58. The van der Waals surface area contributed by atoms with Gasteiger partial charge in [0.15, 0.2) is 0 Å². The summed E-state index contributed by atoms with van der Waals surface area (Å²) in [5.41, 5.74) is 5.53. The SMILES string of the molecule is CC1CCC(C(C)C)C(NCCCN)C1. The summed E-state index contributed by atoms with van der Waals surface area (Å²) in [6.07, 6.45) is 5.28. The largest absolute Gasteiger partial charge is 0.330 e. The number of nitrogens with two attached hydrogens (primary N) is 1. The highest BCUT2D eigenvalue weighted by Gasteiger charge is 2.29. The molecule has 3 N–H and O–H groups in total. The van der Waals surface area contributed by atoms with E-state index in [9.17, 15) is 0 Å². The fourth-order valence-electron chi connectivity index (χ4n) is 2.83. The van der Waals surface area contributed by atoms with E-state index in [0.29, 0.717) is 0 Å². The first kappa shape index (κ1) is 13.0. The maximum absolute atomic E-state index is 5.53. The number of hydrogen-bond donors (Lipinski definition) is 2. The molecule has 0 aliphatic heterocycles. The zero-order valence-corrected chi connectivity index (χ0v) is 10.6. The molecule has 0 saturated heterocycles. The predicted octanol–water partition coefficient (Wildman–Crippen LogP) is 2.39. The molecule has 0 radical (unpaired) electrons. The predicted molar refractivity (Wildman–Crippen MR) is 66.8 cm³/mol. The summed E-state index contributed by atoms with van der Waals surface area (Å²) in [5, 5.41) is 3.70. The van der Waals surface area contributed by atoms with Crippen molar-refractivity contribution in [3.8, 4) is 0 Å². The second kappa shape index (κ2) is 6.49. The van der Waals surface area contributed by atoms with Gasteiger partial charge in [0.1, 0.15) is 0 Å². The van der Waals surface area contributed by atoms with Crippen LogP contribution in [-0.4, -0.2) is 19.1 Å². The molecule has 0 amide bonds. The van der Waals surface area contributed by atoms with Crippen LogP contribution >= 0.6 is 0 Å². The van der Waals surface area contributed by atoms with Gasteiger partial charge in [-0.3, -0.25) is 0 Å². The highest BCUT2D eigenvalue weighted by molar-refractivity contribution is 4.85. The van der Waals surface area contributed by atoms with E-state index in [0.717, 1.165) is 43.3 Å². The number of nitrogens with one attached hydrogen (secondary N) is 1. The van der Waals surface area contributed by atoms with Crippen molar-refractivity contribution >= 4 is 0 Å². The summed E-state index contributed by atoms with van der Waals surface area (Å²) in [4.78, 5) is 0. The van der Waals surface area contributed by atoms with Crippen molar-refractivity contribution in [2.24, 2.45) is 23.5 Å². The van der Waals surface area contributed by atoms with Crippen molar-refractivity contribution in [1.29, 1.82) is 0 Å². The molecule has 1 aliphatic rings.